The highest BCUT2D eigenvalue weighted by molar-refractivity contribution is 5.59. The molecular weight excluding hydrogens is 164 g/mol. The van der Waals surface area contributed by atoms with Crippen molar-refractivity contribution in [3.8, 4) is 0 Å². The highest BCUT2D eigenvalue weighted by atomic mass is 16.3. The lowest BCUT2D eigenvalue weighted by Gasteiger charge is -2.31. The molecule has 1 saturated heterocycles. The van der Waals surface area contributed by atoms with Crippen LogP contribution >= 0.6 is 0 Å². The minimum Gasteiger partial charge on any atom is -0.467 e. The molecule has 0 bridgehead atoms. The van der Waals surface area contributed by atoms with Gasteiger partial charge in [-0.05, 0) is 12.8 Å². The average molecular weight is 178 g/mol. The third kappa shape index (κ3) is 0.779. The van der Waals surface area contributed by atoms with Crippen LogP contribution in [-0.4, -0.2) is 18.6 Å². The van der Waals surface area contributed by atoms with E-state index in [9.17, 15) is 0 Å². The number of anilines is 1. The fraction of sp³-hybridized carbons (Fsp3) is 0.600. The Morgan fingerprint density at radius 3 is 3.38 bits per heavy atom. The standard InChI is InChI=1S/C10H14N2O/c11-7-10-3-1-4-12(10)8-2-5-13-9(8)6-10/h2,5H,1,3-4,6-7,11H2. The molecule has 3 heterocycles. The van der Waals surface area contributed by atoms with Crippen molar-refractivity contribution in [1.82, 2.24) is 0 Å². The minimum atomic E-state index is 0.204. The summed E-state index contributed by atoms with van der Waals surface area (Å²) in [7, 11) is 0. The van der Waals surface area contributed by atoms with E-state index in [0.717, 1.165) is 25.3 Å². The van der Waals surface area contributed by atoms with E-state index in [0.29, 0.717) is 0 Å². The van der Waals surface area contributed by atoms with E-state index in [2.05, 4.69) is 11.0 Å². The van der Waals surface area contributed by atoms with Crippen LogP contribution in [0.2, 0.25) is 0 Å². The molecule has 3 heteroatoms. The van der Waals surface area contributed by atoms with Gasteiger partial charge in [-0.25, -0.2) is 0 Å². The fourth-order valence-electron chi connectivity index (χ4n) is 2.79. The second-order valence-electron chi connectivity index (χ2n) is 4.09. The van der Waals surface area contributed by atoms with E-state index in [-0.39, 0.29) is 5.54 Å². The molecule has 0 radical (unpaired) electrons. The Kier molecular flexibility index (Phi) is 1.31. The second kappa shape index (κ2) is 2.29. The molecule has 2 aliphatic heterocycles. The van der Waals surface area contributed by atoms with Gasteiger partial charge in [0.15, 0.2) is 0 Å². The van der Waals surface area contributed by atoms with Gasteiger partial charge in [0.25, 0.3) is 0 Å². The number of nitrogens with two attached hydrogens (primary N) is 1. The van der Waals surface area contributed by atoms with Gasteiger partial charge in [0.2, 0.25) is 0 Å². The number of hydrogen-bond donors (Lipinski definition) is 1. The molecule has 1 fully saturated rings. The van der Waals surface area contributed by atoms with Crippen LogP contribution in [0.3, 0.4) is 0 Å². The molecule has 0 spiro atoms. The normalized spacial score (nSPS) is 30.7. The Morgan fingerprint density at radius 1 is 1.62 bits per heavy atom. The number of rotatable bonds is 1. The molecule has 1 aromatic heterocycles. The lowest BCUT2D eigenvalue weighted by atomic mass is 9.94. The van der Waals surface area contributed by atoms with Gasteiger partial charge in [-0.15, -0.1) is 0 Å². The quantitative estimate of drug-likeness (QED) is 0.701. The van der Waals surface area contributed by atoms with Crippen LogP contribution in [0, 0.1) is 0 Å². The van der Waals surface area contributed by atoms with Crippen LogP contribution in [0.25, 0.3) is 0 Å². The van der Waals surface area contributed by atoms with Gasteiger partial charge in [0.1, 0.15) is 5.76 Å². The minimum absolute atomic E-state index is 0.204. The van der Waals surface area contributed by atoms with Crippen molar-refractivity contribution < 1.29 is 4.42 Å². The Hall–Kier alpha value is -0.960. The summed E-state index contributed by atoms with van der Waals surface area (Å²) in [4.78, 5) is 2.44. The van der Waals surface area contributed by atoms with Gasteiger partial charge in [0, 0.05) is 25.6 Å². The summed E-state index contributed by atoms with van der Waals surface area (Å²) in [5.41, 5.74) is 7.35. The topological polar surface area (TPSA) is 42.4 Å². The van der Waals surface area contributed by atoms with Crippen LogP contribution in [0.15, 0.2) is 16.7 Å². The third-order valence-electron chi connectivity index (χ3n) is 3.48. The Bertz CT molecular complexity index is 333. The van der Waals surface area contributed by atoms with Gasteiger partial charge in [-0.3, -0.25) is 0 Å². The predicted octanol–water partition coefficient (Wildman–Crippen LogP) is 1.13. The first-order valence-corrected chi connectivity index (χ1v) is 4.90. The first-order chi connectivity index (χ1) is 6.36. The third-order valence-corrected chi connectivity index (χ3v) is 3.48. The largest absolute Gasteiger partial charge is 0.467 e. The van der Waals surface area contributed by atoms with Gasteiger partial charge >= 0.3 is 0 Å². The van der Waals surface area contributed by atoms with E-state index in [1.165, 1.54) is 18.5 Å². The Labute approximate surface area is 77.5 Å². The number of hydrogen-bond acceptors (Lipinski definition) is 3. The van der Waals surface area contributed by atoms with Gasteiger partial charge in [-0.1, -0.05) is 0 Å². The summed E-state index contributed by atoms with van der Waals surface area (Å²) in [6, 6.07) is 2.07. The summed E-state index contributed by atoms with van der Waals surface area (Å²) >= 11 is 0. The zero-order chi connectivity index (χ0) is 8.89. The van der Waals surface area contributed by atoms with Crippen molar-refractivity contribution in [3.63, 3.8) is 0 Å². The molecule has 2 aliphatic rings. The molecule has 0 aromatic carbocycles. The summed E-state index contributed by atoms with van der Waals surface area (Å²) < 4.78 is 5.44. The van der Waals surface area contributed by atoms with Crippen molar-refractivity contribution in [1.29, 1.82) is 0 Å². The average Bonchev–Trinajstić information content (AvgIpc) is 2.72. The van der Waals surface area contributed by atoms with Gasteiger partial charge in [0.05, 0.1) is 17.5 Å². The molecule has 70 valence electrons. The van der Waals surface area contributed by atoms with Crippen LogP contribution < -0.4 is 10.6 Å². The van der Waals surface area contributed by atoms with Crippen molar-refractivity contribution in [2.45, 2.75) is 24.8 Å². The van der Waals surface area contributed by atoms with Crippen LogP contribution in [0.5, 0.6) is 0 Å². The highest BCUT2D eigenvalue weighted by Crippen LogP contribution is 2.45. The lowest BCUT2D eigenvalue weighted by Crippen LogP contribution is -2.47. The van der Waals surface area contributed by atoms with E-state index in [1.54, 1.807) is 6.26 Å². The number of furan rings is 1. The molecule has 2 N–H and O–H groups in total. The van der Waals surface area contributed by atoms with Crippen LogP contribution in [0.1, 0.15) is 18.6 Å². The molecule has 0 amide bonds. The Morgan fingerprint density at radius 2 is 2.54 bits per heavy atom. The summed E-state index contributed by atoms with van der Waals surface area (Å²) in [5, 5.41) is 0. The molecule has 1 unspecified atom stereocenters. The van der Waals surface area contributed by atoms with Gasteiger partial charge < -0.3 is 15.1 Å². The highest BCUT2D eigenvalue weighted by Gasteiger charge is 2.47. The van der Waals surface area contributed by atoms with E-state index in [4.69, 9.17) is 10.2 Å². The van der Waals surface area contributed by atoms with E-state index < -0.39 is 0 Å². The fourth-order valence-corrected chi connectivity index (χ4v) is 2.79. The summed E-state index contributed by atoms with van der Waals surface area (Å²) in [6.07, 6.45) is 5.27. The molecule has 3 rings (SSSR count). The van der Waals surface area contributed by atoms with Crippen LogP contribution in [0.4, 0.5) is 5.69 Å². The lowest BCUT2D eigenvalue weighted by molar-refractivity contribution is 0.414. The zero-order valence-electron chi connectivity index (χ0n) is 7.62. The van der Waals surface area contributed by atoms with Crippen molar-refractivity contribution in [2.75, 3.05) is 18.0 Å². The predicted molar refractivity (Wildman–Crippen MR) is 50.8 cm³/mol. The SMILES string of the molecule is NCC12CCCN1c1ccoc1C2. The first kappa shape index (κ1) is 7.44. The first-order valence-electron chi connectivity index (χ1n) is 4.90. The maximum atomic E-state index is 5.86. The van der Waals surface area contributed by atoms with Crippen molar-refractivity contribution in [3.05, 3.63) is 18.1 Å². The van der Waals surface area contributed by atoms with E-state index >= 15 is 0 Å². The molecule has 13 heavy (non-hydrogen) atoms. The molecule has 3 nitrogen and oxygen atoms in total. The number of nitrogens with zero attached hydrogens (tertiary/aromatic N) is 1. The zero-order valence-corrected chi connectivity index (χ0v) is 7.62. The monoisotopic (exact) mass is 178 g/mol. The van der Waals surface area contributed by atoms with E-state index in [1.807, 2.05) is 0 Å². The van der Waals surface area contributed by atoms with Gasteiger partial charge in [-0.2, -0.15) is 0 Å². The summed E-state index contributed by atoms with van der Waals surface area (Å²) in [6.45, 7) is 1.89. The molecule has 1 atom stereocenters. The summed E-state index contributed by atoms with van der Waals surface area (Å²) in [5.74, 6) is 1.13. The smallest absolute Gasteiger partial charge is 0.129 e. The maximum Gasteiger partial charge on any atom is 0.129 e. The molecular formula is C10H14N2O. The van der Waals surface area contributed by atoms with Crippen molar-refractivity contribution >= 4 is 5.69 Å². The Balaban J connectivity index is 2.07. The van der Waals surface area contributed by atoms with Crippen molar-refractivity contribution in [2.24, 2.45) is 5.73 Å². The molecule has 1 aromatic rings. The molecule has 0 aliphatic carbocycles. The maximum absolute atomic E-state index is 5.86. The second-order valence-corrected chi connectivity index (χ2v) is 4.09. The molecule has 0 saturated carbocycles. The van der Waals surface area contributed by atoms with Crippen LogP contribution in [-0.2, 0) is 6.42 Å². The number of fused-ring (bicyclic) bond motifs is 3.